The Labute approximate surface area is 114 Å². The molecule has 0 spiro atoms. The molecule has 1 fully saturated rings. The van der Waals surface area contributed by atoms with E-state index >= 15 is 0 Å². The number of aromatic nitrogens is 2. The van der Waals surface area contributed by atoms with Gasteiger partial charge in [-0.3, -0.25) is 4.79 Å². The second-order valence-electron chi connectivity index (χ2n) is 6.38. The van der Waals surface area contributed by atoms with E-state index in [1.165, 1.54) is 0 Å². The van der Waals surface area contributed by atoms with Gasteiger partial charge in [-0.25, -0.2) is 4.98 Å². The summed E-state index contributed by atoms with van der Waals surface area (Å²) in [5, 5.41) is 0. The Morgan fingerprint density at radius 1 is 1.32 bits per heavy atom. The Kier molecular flexibility index (Phi) is 3.43. The fourth-order valence-corrected chi connectivity index (χ4v) is 2.77. The molecule has 5 nitrogen and oxygen atoms in total. The third-order valence-corrected chi connectivity index (χ3v) is 3.13. The van der Waals surface area contributed by atoms with E-state index in [1.807, 2.05) is 6.92 Å². The maximum absolute atomic E-state index is 11.7. The number of hydrogen-bond donors (Lipinski definition) is 1. The molecule has 2 heterocycles. The molecule has 0 saturated carbocycles. The minimum Gasteiger partial charge on any atom is -0.366 e. The molecule has 0 amide bonds. The van der Waals surface area contributed by atoms with Crippen LogP contribution in [0.2, 0.25) is 0 Å². The summed E-state index contributed by atoms with van der Waals surface area (Å²) in [7, 11) is 0. The highest BCUT2D eigenvalue weighted by molar-refractivity contribution is 5.39. The number of rotatable bonds is 2. The molecule has 0 aliphatic carbocycles. The van der Waals surface area contributed by atoms with Crippen molar-refractivity contribution in [3.05, 3.63) is 22.2 Å². The lowest BCUT2D eigenvalue weighted by molar-refractivity contribution is -0.133. The van der Waals surface area contributed by atoms with Crippen molar-refractivity contribution in [3.63, 3.8) is 0 Å². The number of aromatic amines is 1. The summed E-state index contributed by atoms with van der Waals surface area (Å²) in [6.45, 7) is 11.7. The molecular weight excluding hydrogens is 242 g/mol. The average molecular weight is 265 g/mol. The second kappa shape index (κ2) is 4.63. The quantitative estimate of drug-likeness (QED) is 0.884. The van der Waals surface area contributed by atoms with Gasteiger partial charge in [0, 0.05) is 25.6 Å². The maximum atomic E-state index is 11.7. The van der Waals surface area contributed by atoms with Crippen molar-refractivity contribution < 1.29 is 4.74 Å². The molecule has 1 aromatic heterocycles. The Morgan fingerprint density at radius 2 is 1.89 bits per heavy atom. The van der Waals surface area contributed by atoms with Gasteiger partial charge in [0.2, 0.25) is 0 Å². The summed E-state index contributed by atoms with van der Waals surface area (Å²) < 4.78 is 6.04. The highest BCUT2D eigenvalue weighted by Gasteiger charge is 2.38. The van der Waals surface area contributed by atoms with E-state index < -0.39 is 0 Å². The third kappa shape index (κ3) is 3.35. The summed E-state index contributed by atoms with van der Waals surface area (Å²) in [6, 6.07) is 1.57. The lowest BCUT2D eigenvalue weighted by atomic mass is 9.99. The number of nitrogens with zero attached hydrogens (tertiary/aromatic N) is 2. The lowest BCUT2D eigenvalue weighted by Crippen LogP contribution is -2.57. The van der Waals surface area contributed by atoms with Crippen LogP contribution in [-0.2, 0) is 11.2 Å². The molecule has 1 N–H and O–H groups in total. The first kappa shape index (κ1) is 14.1. The Balaban J connectivity index is 2.35. The van der Waals surface area contributed by atoms with Crippen LogP contribution in [0.4, 0.5) is 5.82 Å². The van der Waals surface area contributed by atoms with Gasteiger partial charge in [-0.2, -0.15) is 0 Å². The smallest absolute Gasteiger partial charge is 0.252 e. The molecular formula is C14H23N3O2. The largest absolute Gasteiger partial charge is 0.366 e. The molecule has 0 bridgehead atoms. The van der Waals surface area contributed by atoms with Crippen LogP contribution in [0.25, 0.3) is 0 Å². The van der Waals surface area contributed by atoms with E-state index in [4.69, 9.17) is 4.74 Å². The number of H-pyrrole nitrogens is 1. The fourth-order valence-electron chi connectivity index (χ4n) is 2.77. The van der Waals surface area contributed by atoms with Crippen LogP contribution >= 0.6 is 0 Å². The van der Waals surface area contributed by atoms with Crippen molar-refractivity contribution in [2.75, 3.05) is 18.0 Å². The summed E-state index contributed by atoms with van der Waals surface area (Å²) in [5.41, 5.74) is -0.597. The van der Waals surface area contributed by atoms with Gasteiger partial charge in [0.25, 0.3) is 5.56 Å². The van der Waals surface area contributed by atoms with E-state index in [1.54, 1.807) is 6.07 Å². The van der Waals surface area contributed by atoms with Gasteiger partial charge in [-0.15, -0.1) is 0 Å². The van der Waals surface area contributed by atoms with Gasteiger partial charge in [0.15, 0.2) is 0 Å². The Hall–Kier alpha value is -1.36. The van der Waals surface area contributed by atoms with Gasteiger partial charge < -0.3 is 14.6 Å². The van der Waals surface area contributed by atoms with Crippen molar-refractivity contribution in [2.24, 2.45) is 0 Å². The van der Waals surface area contributed by atoms with Crippen LogP contribution < -0.4 is 10.5 Å². The van der Waals surface area contributed by atoms with Crippen molar-refractivity contribution in [3.8, 4) is 0 Å². The van der Waals surface area contributed by atoms with Crippen LogP contribution in [0.1, 0.15) is 40.4 Å². The molecule has 19 heavy (non-hydrogen) atoms. The van der Waals surface area contributed by atoms with Crippen molar-refractivity contribution in [2.45, 2.75) is 52.2 Å². The van der Waals surface area contributed by atoms with Crippen LogP contribution in [-0.4, -0.2) is 34.3 Å². The predicted molar refractivity (Wildman–Crippen MR) is 75.7 cm³/mol. The van der Waals surface area contributed by atoms with E-state index in [0.717, 1.165) is 31.2 Å². The molecule has 1 aromatic rings. The molecule has 0 aromatic carbocycles. The second-order valence-corrected chi connectivity index (χ2v) is 6.38. The van der Waals surface area contributed by atoms with Crippen LogP contribution in [0, 0.1) is 0 Å². The molecule has 2 rings (SSSR count). The van der Waals surface area contributed by atoms with Crippen molar-refractivity contribution in [1.29, 1.82) is 0 Å². The van der Waals surface area contributed by atoms with Crippen LogP contribution in [0.5, 0.6) is 0 Å². The van der Waals surface area contributed by atoms with E-state index in [2.05, 4.69) is 42.6 Å². The summed E-state index contributed by atoms with van der Waals surface area (Å²) in [5.74, 6) is 1.47. The number of hydrogen-bond acceptors (Lipinski definition) is 4. The molecule has 0 unspecified atom stereocenters. The fraction of sp³-hybridized carbons (Fsp3) is 0.714. The number of ether oxygens (including phenoxy) is 1. The van der Waals surface area contributed by atoms with Gasteiger partial charge in [-0.05, 0) is 27.7 Å². The molecule has 1 aliphatic heterocycles. The standard InChI is InChI=1S/C14H23N3O2/c1-6-10-15-11(7-12(18)16-10)17-8-13(2,3)19-14(4,5)9-17/h7H,6,8-9H2,1-5H3,(H,15,16,18). The summed E-state index contributed by atoms with van der Waals surface area (Å²) >= 11 is 0. The predicted octanol–water partition coefficient (Wildman–Crippen LogP) is 1.73. The number of anilines is 1. The highest BCUT2D eigenvalue weighted by atomic mass is 16.5. The van der Waals surface area contributed by atoms with Gasteiger partial charge in [0.05, 0.1) is 11.2 Å². The Morgan fingerprint density at radius 3 is 2.42 bits per heavy atom. The molecule has 106 valence electrons. The zero-order chi connectivity index (χ0) is 14.3. The van der Waals surface area contributed by atoms with Crippen LogP contribution in [0.3, 0.4) is 0 Å². The van der Waals surface area contributed by atoms with Gasteiger partial charge >= 0.3 is 0 Å². The number of nitrogens with one attached hydrogen (secondary N) is 1. The number of morpholine rings is 1. The summed E-state index contributed by atoms with van der Waals surface area (Å²) in [6.07, 6.45) is 0.722. The summed E-state index contributed by atoms with van der Waals surface area (Å²) in [4.78, 5) is 21.1. The molecule has 1 aliphatic rings. The highest BCUT2D eigenvalue weighted by Crippen LogP contribution is 2.30. The zero-order valence-electron chi connectivity index (χ0n) is 12.4. The normalized spacial score (nSPS) is 21.4. The number of aryl methyl sites for hydroxylation is 1. The SMILES string of the molecule is CCc1nc(N2CC(C)(C)OC(C)(C)C2)cc(=O)[nH]1. The Bertz CT molecular complexity index is 504. The van der Waals surface area contributed by atoms with Gasteiger partial charge in [0.1, 0.15) is 11.6 Å². The van der Waals surface area contributed by atoms with E-state index in [0.29, 0.717) is 0 Å². The first-order chi connectivity index (χ1) is 8.71. The van der Waals surface area contributed by atoms with E-state index in [-0.39, 0.29) is 16.8 Å². The molecule has 1 saturated heterocycles. The monoisotopic (exact) mass is 265 g/mol. The third-order valence-electron chi connectivity index (χ3n) is 3.13. The molecule has 5 heteroatoms. The maximum Gasteiger partial charge on any atom is 0.252 e. The first-order valence-electron chi connectivity index (χ1n) is 6.76. The average Bonchev–Trinajstić information content (AvgIpc) is 2.24. The topological polar surface area (TPSA) is 58.2 Å². The molecule has 0 radical (unpaired) electrons. The lowest BCUT2D eigenvalue weighted by Gasteiger charge is -2.47. The van der Waals surface area contributed by atoms with Crippen LogP contribution in [0.15, 0.2) is 10.9 Å². The van der Waals surface area contributed by atoms with Crippen molar-refractivity contribution >= 4 is 5.82 Å². The minimum absolute atomic E-state index is 0.0936. The van der Waals surface area contributed by atoms with Gasteiger partial charge in [-0.1, -0.05) is 6.92 Å². The first-order valence-corrected chi connectivity index (χ1v) is 6.76. The zero-order valence-corrected chi connectivity index (χ0v) is 12.4. The van der Waals surface area contributed by atoms with Crippen molar-refractivity contribution in [1.82, 2.24) is 9.97 Å². The van der Waals surface area contributed by atoms with E-state index in [9.17, 15) is 4.79 Å². The molecule has 0 atom stereocenters. The minimum atomic E-state index is -0.252.